The van der Waals surface area contributed by atoms with Gasteiger partial charge in [0.05, 0.1) is 0 Å². The number of anilines is 1. The molecule has 0 saturated heterocycles. The number of benzene rings is 2. The number of nitrogens with zero attached hydrogens (tertiary/aromatic N) is 1. The third-order valence-electron chi connectivity index (χ3n) is 2.87. The lowest BCUT2D eigenvalue weighted by Crippen LogP contribution is -2.22. The first-order valence-corrected chi connectivity index (χ1v) is 7.17. The number of hydrogen-bond acceptors (Lipinski definition) is 3. The van der Waals surface area contributed by atoms with Gasteiger partial charge in [-0.15, -0.1) is 24.0 Å². The molecule has 6 heteroatoms. The van der Waals surface area contributed by atoms with E-state index >= 15 is 0 Å². The Morgan fingerprint density at radius 2 is 1.83 bits per heavy atom. The summed E-state index contributed by atoms with van der Waals surface area (Å²) in [5.41, 5.74) is 6.68. The average Bonchev–Trinajstić information content (AvgIpc) is 2.53. The lowest BCUT2D eigenvalue weighted by Gasteiger charge is -2.09. The van der Waals surface area contributed by atoms with Crippen molar-refractivity contribution in [3.05, 3.63) is 54.6 Å². The van der Waals surface area contributed by atoms with Gasteiger partial charge in [0.25, 0.3) is 0 Å². The van der Waals surface area contributed by atoms with Crippen molar-refractivity contribution in [1.29, 1.82) is 0 Å². The molecular weight excluding hydrogens is 405 g/mol. The van der Waals surface area contributed by atoms with E-state index in [0.29, 0.717) is 19.1 Å². The Bertz CT molecular complexity index is 606. The summed E-state index contributed by atoms with van der Waals surface area (Å²) in [6.07, 6.45) is 0.843. The Balaban J connectivity index is 0.00000264. The highest BCUT2D eigenvalue weighted by atomic mass is 127. The number of nitrogens with two attached hydrogens (primary N) is 1. The molecule has 2 aromatic carbocycles. The van der Waals surface area contributed by atoms with E-state index in [1.165, 1.54) is 0 Å². The minimum atomic E-state index is 0. The molecule has 0 radical (unpaired) electrons. The van der Waals surface area contributed by atoms with Gasteiger partial charge in [-0.1, -0.05) is 24.3 Å². The topological polar surface area (TPSA) is 68.9 Å². The van der Waals surface area contributed by atoms with Crippen LogP contribution < -0.4 is 15.8 Å². The number of hydrogen-bond donors (Lipinski definition) is 2. The van der Waals surface area contributed by atoms with Crippen molar-refractivity contribution in [2.45, 2.75) is 6.42 Å². The van der Waals surface area contributed by atoms with Crippen LogP contribution in [-0.2, 0) is 4.74 Å². The molecule has 23 heavy (non-hydrogen) atoms. The lowest BCUT2D eigenvalue weighted by molar-refractivity contribution is 0.197. The zero-order valence-electron chi connectivity index (χ0n) is 13.1. The second kappa shape index (κ2) is 10.8. The van der Waals surface area contributed by atoms with Crippen LogP contribution in [0, 0.1) is 0 Å². The fourth-order valence-corrected chi connectivity index (χ4v) is 1.86. The molecule has 0 fully saturated rings. The Hall–Kier alpha value is -1.80. The Kier molecular flexibility index (Phi) is 9.08. The SMILES string of the molecule is COCCCN=C(N)Nc1cccc(Oc2ccccc2)c1.I. The van der Waals surface area contributed by atoms with Crippen LogP contribution in [0.4, 0.5) is 5.69 Å². The maximum Gasteiger partial charge on any atom is 0.193 e. The molecular formula is C17H22IN3O2. The molecule has 0 amide bonds. The molecule has 0 saturated carbocycles. The summed E-state index contributed by atoms with van der Waals surface area (Å²) in [7, 11) is 1.67. The molecule has 124 valence electrons. The van der Waals surface area contributed by atoms with Gasteiger partial charge >= 0.3 is 0 Å². The van der Waals surface area contributed by atoms with E-state index in [2.05, 4.69) is 10.3 Å². The van der Waals surface area contributed by atoms with Crippen LogP contribution in [0.15, 0.2) is 59.6 Å². The predicted octanol–water partition coefficient (Wildman–Crippen LogP) is 3.86. The molecule has 0 aliphatic carbocycles. The summed E-state index contributed by atoms with van der Waals surface area (Å²) < 4.78 is 10.7. The third-order valence-corrected chi connectivity index (χ3v) is 2.87. The van der Waals surface area contributed by atoms with Gasteiger partial charge in [0.2, 0.25) is 0 Å². The first-order chi connectivity index (χ1) is 10.8. The molecule has 2 aromatic rings. The van der Waals surface area contributed by atoms with Gasteiger partial charge < -0.3 is 20.5 Å². The summed E-state index contributed by atoms with van der Waals surface area (Å²) in [6.45, 7) is 1.31. The molecule has 2 rings (SSSR count). The van der Waals surface area contributed by atoms with E-state index in [9.17, 15) is 0 Å². The van der Waals surface area contributed by atoms with E-state index in [1.54, 1.807) is 7.11 Å². The number of nitrogens with one attached hydrogen (secondary N) is 1. The average molecular weight is 427 g/mol. The van der Waals surface area contributed by atoms with Gasteiger partial charge in [-0.2, -0.15) is 0 Å². The third kappa shape index (κ3) is 7.34. The number of para-hydroxylation sites is 1. The number of aliphatic imine (C=N–C) groups is 1. The first kappa shape index (κ1) is 19.2. The minimum Gasteiger partial charge on any atom is -0.457 e. The maximum absolute atomic E-state index is 5.85. The number of guanidine groups is 1. The van der Waals surface area contributed by atoms with E-state index in [0.717, 1.165) is 23.6 Å². The van der Waals surface area contributed by atoms with Crippen molar-refractivity contribution in [2.24, 2.45) is 10.7 Å². The van der Waals surface area contributed by atoms with Gasteiger partial charge in [-0.25, -0.2) is 0 Å². The van der Waals surface area contributed by atoms with Gasteiger partial charge in [0, 0.05) is 32.0 Å². The van der Waals surface area contributed by atoms with Gasteiger partial charge in [-0.05, 0) is 30.7 Å². The number of halogens is 1. The molecule has 0 aliphatic rings. The highest BCUT2D eigenvalue weighted by Gasteiger charge is 2.00. The van der Waals surface area contributed by atoms with Gasteiger partial charge in [-0.3, -0.25) is 4.99 Å². The van der Waals surface area contributed by atoms with Crippen molar-refractivity contribution in [3.63, 3.8) is 0 Å². The van der Waals surface area contributed by atoms with E-state index in [1.807, 2.05) is 54.6 Å². The highest BCUT2D eigenvalue weighted by Crippen LogP contribution is 2.23. The van der Waals surface area contributed by atoms with Crippen LogP contribution >= 0.6 is 24.0 Å². The molecule has 3 N–H and O–H groups in total. The van der Waals surface area contributed by atoms with Crippen LogP contribution in [0.1, 0.15) is 6.42 Å². The van der Waals surface area contributed by atoms with Crippen LogP contribution in [0.5, 0.6) is 11.5 Å². The lowest BCUT2D eigenvalue weighted by atomic mass is 10.3. The normalized spacial score (nSPS) is 10.7. The molecule has 0 heterocycles. The molecule has 5 nitrogen and oxygen atoms in total. The fourth-order valence-electron chi connectivity index (χ4n) is 1.86. The Morgan fingerprint density at radius 1 is 1.09 bits per heavy atom. The zero-order chi connectivity index (χ0) is 15.6. The van der Waals surface area contributed by atoms with Crippen LogP contribution in [0.3, 0.4) is 0 Å². The van der Waals surface area contributed by atoms with Gasteiger partial charge in [0.15, 0.2) is 5.96 Å². The second-order valence-corrected chi connectivity index (χ2v) is 4.68. The van der Waals surface area contributed by atoms with E-state index in [4.69, 9.17) is 15.2 Å². The number of ether oxygens (including phenoxy) is 2. The zero-order valence-corrected chi connectivity index (χ0v) is 15.4. The Morgan fingerprint density at radius 3 is 2.57 bits per heavy atom. The fraction of sp³-hybridized carbons (Fsp3) is 0.235. The van der Waals surface area contributed by atoms with E-state index in [-0.39, 0.29) is 24.0 Å². The summed E-state index contributed by atoms with van der Waals surface area (Å²) >= 11 is 0. The van der Waals surface area contributed by atoms with Crippen LogP contribution in [0.2, 0.25) is 0 Å². The molecule has 0 aromatic heterocycles. The quantitative estimate of drug-likeness (QED) is 0.305. The Labute approximate surface area is 153 Å². The molecule has 0 spiro atoms. The molecule has 0 bridgehead atoms. The minimum absolute atomic E-state index is 0. The maximum atomic E-state index is 5.85. The van der Waals surface area contributed by atoms with Crippen molar-refractivity contribution < 1.29 is 9.47 Å². The monoisotopic (exact) mass is 427 g/mol. The second-order valence-electron chi connectivity index (χ2n) is 4.68. The van der Waals surface area contributed by atoms with Gasteiger partial charge in [0.1, 0.15) is 11.5 Å². The predicted molar refractivity (Wildman–Crippen MR) is 105 cm³/mol. The van der Waals surface area contributed by atoms with E-state index < -0.39 is 0 Å². The summed E-state index contributed by atoms with van der Waals surface area (Å²) in [5.74, 6) is 1.91. The molecule has 0 aliphatic heterocycles. The highest BCUT2D eigenvalue weighted by molar-refractivity contribution is 14.0. The molecule has 0 atom stereocenters. The first-order valence-electron chi connectivity index (χ1n) is 7.17. The van der Waals surface area contributed by atoms with Crippen LogP contribution in [-0.4, -0.2) is 26.2 Å². The largest absolute Gasteiger partial charge is 0.457 e. The smallest absolute Gasteiger partial charge is 0.193 e. The summed E-state index contributed by atoms with van der Waals surface area (Å²) in [6, 6.07) is 17.2. The summed E-state index contributed by atoms with van der Waals surface area (Å²) in [4.78, 5) is 4.23. The summed E-state index contributed by atoms with van der Waals surface area (Å²) in [5, 5.41) is 3.05. The number of methoxy groups -OCH3 is 1. The molecule has 0 unspecified atom stereocenters. The van der Waals surface area contributed by atoms with Crippen molar-refractivity contribution in [3.8, 4) is 11.5 Å². The number of rotatable bonds is 7. The van der Waals surface area contributed by atoms with Crippen molar-refractivity contribution in [1.82, 2.24) is 0 Å². The van der Waals surface area contributed by atoms with Crippen molar-refractivity contribution in [2.75, 3.05) is 25.6 Å². The standard InChI is InChI=1S/C17H21N3O2.HI/c1-21-12-6-11-19-17(18)20-14-7-5-10-16(13-14)22-15-8-3-2-4-9-15;/h2-5,7-10,13H,6,11-12H2,1H3,(H3,18,19,20);1H. The van der Waals surface area contributed by atoms with Crippen LogP contribution in [0.25, 0.3) is 0 Å². The van der Waals surface area contributed by atoms with Crippen molar-refractivity contribution >= 4 is 35.6 Å².